The molecule has 0 unspecified atom stereocenters. The molecule has 2 aromatic rings. The fraction of sp³-hybridized carbons (Fsp3) is 0.154. The number of nitrogens with zero attached hydrogens (tertiary/aromatic N) is 1. The van der Waals surface area contributed by atoms with Gasteiger partial charge in [-0.15, -0.1) is 11.3 Å². The topological polar surface area (TPSA) is 45.5 Å². The molecule has 1 amide bonds. The highest BCUT2D eigenvalue weighted by atomic mass is 35.5. The van der Waals surface area contributed by atoms with E-state index >= 15 is 0 Å². The maximum absolute atomic E-state index is 11.7. The third-order valence-corrected chi connectivity index (χ3v) is 3.96. The van der Waals surface area contributed by atoms with Crippen LogP contribution in [0.2, 0.25) is 5.22 Å². The Morgan fingerprint density at radius 2 is 2.32 bits per heavy atom. The molecule has 2 aromatic heterocycles. The molecule has 0 fully saturated rings. The van der Waals surface area contributed by atoms with Crippen molar-refractivity contribution in [3.8, 4) is 0 Å². The Morgan fingerprint density at radius 3 is 2.89 bits per heavy atom. The van der Waals surface area contributed by atoms with Gasteiger partial charge in [-0.05, 0) is 41.3 Å². The number of rotatable bonds is 2. The van der Waals surface area contributed by atoms with Gasteiger partial charge in [-0.3, -0.25) is 10.2 Å². The van der Waals surface area contributed by atoms with Gasteiger partial charge in [-0.2, -0.15) is 0 Å². The van der Waals surface area contributed by atoms with Crippen molar-refractivity contribution in [1.82, 2.24) is 10.4 Å². The summed E-state index contributed by atoms with van der Waals surface area (Å²) in [7, 11) is 0. The molecule has 0 aliphatic carbocycles. The van der Waals surface area contributed by atoms with Crippen LogP contribution in [0.25, 0.3) is 5.70 Å². The monoisotopic (exact) mass is 294 g/mol. The lowest BCUT2D eigenvalue weighted by Gasteiger charge is -2.21. The summed E-state index contributed by atoms with van der Waals surface area (Å²) in [6.45, 7) is 1.51. The second-order valence-electron chi connectivity index (χ2n) is 4.15. The van der Waals surface area contributed by atoms with Crippen LogP contribution in [0.5, 0.6) is 0 Å². The molecule has 98 valence electrons. The van der Waals surface area contributed by atoms with Crippen molar-refractivity contribution < 1.29 is 9.21 Å². The zero-order valence-corrected chi connectivity index (χ0v) is 11.7. The molecule has 0 bridgehead atoms. The zero-order chi connectivity index (χ0) is 13.4. The normalized spacial score (nSPS) is 18.3. The van der Waals surface area contributed by atoms with E-state index in [2.05, 4.69) is 5.43 Å². The molecule has 1 atom stereocenters. The van der Waals surface area contributed by atoms with Gasteiger partial charge in [0.15, 0.2) is 5.22 Å². The number of hydrazine groups is 1. The van der Waals surface area contributed by atoms with Gasteiger partial charge in [0.05, 0.1) is 10.6 Å². The fourth-order valence-electron chi connectivity index (χ4n) is 2.01. The molecule has 6 heteroatoms. The molecule has 4 nitrogen and oxygen atoms in total. The van der Waals surface area contributed by atoms with Crippen LogP contribution in [-0.2, 0) is 4.79 Å². The van der Waals surface area contributed by atoms with Crippen molar-refractivity contribution in [1.29, 1.82) is 0 Å². The van der Waals surface area contributed by atoms with E-state index < -0.39 is 0 Å². The minimum Gasteiger partial charge on any atom is -0.447 e. The van der Waals surface area contributed by atoms with E-state index in [1.165, 1.54) is 11.9 Å². The van der Waals surface area contributed by atoms with E-state index in [1.54, 1.807) is 23.5 Å². The lowest BCUT2D eigenvalue weighted by atomic mass is 10.2. The molecule has 19 heavy (non-hydrogen) atoms. The lowest BCUT2D eigenvalue weighted by Crippen LogP contribution is -2.37. The summed E-state index contributed by atoms with van der Waals surface area (Å²) < 4.78 is 5.40. The Labute approximate surface area is 119 Å². The van der Waals surface area contributed by atoms with E-state index in [0.717, 1.165) is 10.6 Å². The number of hydrogen-bond donors (Lipinski definition) is 1. The number of carbonyl (C=O) groups excluding carboxylic acids is 1. The van der Waals surface area contributed by atoms with E-state index in [1.807, 2.05) is 23.6 Å². The van der Waals surface area contributed by atoms with Crippen molar-refractivity contribution in [3.63, 3.8) is 0 Å². The zero-order valence-electron chi connectivity index (χ0n) is 10.1. The highest BCUT2D eigenvalue weighted by Gasteiger charge is 2.31. The molecule has 0 aromatic carbocycles. The summed E-state index contributed by atoms with van der Waals surface area (Å²) in [5.41, 5.74) is 4.01. The van der Waals surface area contributed by atoms with Crippen molar-refractivity contribution in [2.24, 2.45) is 0 Å². The van der Waals surface area contributed by atoms with Gasteiger partial charge in [0.2, 0.25) is 5.91 Å². The van der Waals surface area contributed by atoms with Crippen LogP contribution in [-0.4, -0.2) is 10.9 Å². The summed E-state index contributed by atoms with van der Waals surface area (Å²) in [6, 6.07) is 7.14. The Hall–Kier alpha value is -1.72. The SMILES string of the molecule is CC(=O)N1NC(c2cccs2)=C[C@H]1c1ccc(Cl)o1. The van der Waals surface area contributed by atoms with Crippen LogP contribution in [0.1, 0.15) is 23.6 Å². The van der Waals surface area contributed by atoms with Crippen molar-refractivity contribution in [2.75, 3.05) is 0 Å². The molecule has 0 spiro atoms. The first-order valence-corrected chi connectivity index (χ1v) is 6.98. The third-order valence-electron chi connectivity index (χ3n) is 2.85. The van der Waals surface area contributed by atoms with Crippen LogP contribution in [0, 0.1) is 0 Å². The van der Waals surface area contributed by atoms with Gasteiger partial charge in [0, 0.05) is 6.92 Å². The van der Waals surface area contributed by atoms with Crippen LogP contribution in [0.3, 0.4) is 0 Å². The molecule has 1 aliphatic heterocycles. The first-order valence-electron chi connectivity index (χ1n) is 5.72. The van der Waals surface area contributed by atoms with Crippen LogP contribution in [0.15, 0.2) is 40.1 Å². The van der Waals surface area contributed by atoms with E-state index in [9.17, 15) is 4.79 Å². The number of furan rings is 1. The van der Waals surface area contributed by atoms with E-state index in [0.29, 0.717) is 11.0 Å². The summed E-state index contributed by atoms with van der Waals surface area (Å²) >= 11 is 7.40. The molecule has 1 aliphatic rings. The van der Waals surface area contributed by atoms with E-state index in [4.69, 9.17) is 16.0 Å². The largest absolute Gasteiger partial charge is 0.447 e. The predicted octanol–water partition coefficient (Wildman–Crippen LogP) is 3.44. The maximum Gasteiger partial charge on any atom is 0.238 e. The molecular formula is C13H11ClN2O2S. The standard InChI is InChI=1S/C13H11ClN2O2S/c1-8(17)16-10(11-4-5-13(14)18-11)7-9(15-16)12-3-2-6-19-12/h2-7,10,15H,1H3/t10-/m0/s1. The molecular weight excluding hydrogens is 284 g/mol. The second-order valence-corrected chi connectivity index (χ2v) is 5.47. The Balaban J connectivity index is 1.97. The highest BCUT2D eigenvalue weighted by Crippen LogP contribution is 2.34. The molecule has 0 saturated carbocycles. The van der Waals surface area contributed by atoms with Gasteiger partial charge in [0.1, 0.15) is 11.8 Å². The van der Waals surface area contributed by atoms with Crippen molar-refractivity contribution in [3.05, 3.63) is 51.6 Å². The summed E-state index contributed by atoms with van der Waals surface area (Å²) in [4.78, 5) is 12.8. The Morgan fingerprint density at radius 1 is 1.47 bits per heavy atom. The van der Waals surface area contributed by atoms with Gasteiger partial charge in [-0.1, -0.05) is 6.07 Å². The number of carbonyl (C=O) groups is 1. The van der Waals surface area contributed by atoms with Crippen molar-refractivity contribution in [2.45, 2.75) is 13.0 Å². The van der Waals surface area contributed by atoms with Crippen LogP contribution >= 0.6 is 22.9 Å². The number of hydrogen-bond acceptors (Lipinski definition) is 4. The number of thiophene rings is 1. The average molecular weight is 295 g/mol. The number of nitrogens with one attached hydrogen (secondary N) is 1. The summed E-state index contributed by atoms with van der Waals surface area (Å²) in [6.07, 6.45) is 1.96. The number of amides is 1. The minimum atomic E-state index is -0.276. The van der Waals surface area contributed by atoms with Gasteiger partial charge >= 0.3 is 0 Å². The smallest absolute Gasteiger partial charge is 0.238 e. The number of halogens is 1. The maximum atomic E-state index is 11.7. The molecule has 0 radical (unpaired) electrons. The molecule has 1 N–H and O–H groups in total. The molecule has 0 saturated heterocycles. The second kappa shape index (κ2) is 4.75. The minimum absolute atomic E-state index is 0.0830. The van der Waals surface area contributed by atoms with Crippen LogP contribution < -0.4 is 5.43 Å². The first kappa shape index (κ1) is 12.3. The Bertz CT molecular complexity index is 633. The third kappa shape index (κ3) is 2.27. The van der Waals surface area contributed by atoms with Crippen LogP contribution in [0.4, 0.5) is 0 Å². The summed E-state index contributed by atoms with van der Waals surface area (Å²) in [5.74, 6) is 0.555. The summed E-state index contributed by atoms with van der Waals surface area (Å²) in [5, 5.41) is 3.84. The first-order chi connectivity index (χ1) is 9.15. The van der Waals surface area contributed by atoms with Gasteiger partial charge in [-0.25, -0.2) is 5.01 Å². The quantitative estimate of drug-likeness (QED) is 0.923. The predicted molar refractivity (Wildman–Crippen MR) is 74.4 cm³/mol. The fourth-order valence-corrected chi connectivity index (χ4v) is 2.86. The highest BCUT2D eigenvalue weighted by molar-refractivity contribution is 7.11. The average Bonchev–Trinajstić information content (AvgIpc) is 3.07. The van der Waals surface area contributed by atoms with Crippen molar-refractivity contribution >= 4 is 34.5 Å². The van der Waals surface area contributed by atoms with Gasteiger partial charge in [0.25, 0.3) is 0 Å². The Kier molecular flexibility index (Phi) is 3.08. The molecule has 3 rings (SSSR count). The van der Waals surface area contributed by atoms with E-state index in [-0.39, 0.29) is 11.9 Å². The van der Waals surface area contributed by atoms with Gasteiger partial charge < -0.3 is 4.42 Å². The lowest BCUT2D eigenvalue weighted by molar-refractivity contribution is -0.132. The molecule has 3 heterocycles.